The molecule has 0 radical (unpaired) electrons. The molecular formula is C16H22BrClO. The summed E-state index contributed by atoms with van der Waals surface area (Å²) in [4.78, 5) is 0. The summed E-state index contributed by atoms with van der Waals surface area (Å²) in [6.07, 6.45) is 7.51. The second kappa shape index (κ2) is 6.99. The van der Waals surface area contributed by atoms with E-state index in [1.165, 1.54) is 32.1 Å². The van der Waals surface area contributed by atoms with Gasteiger partial charge in [-0.25, -0.2) is 0 Å². The van der Waals surface area contributed by atoms with Crippen LogP contribution in [0, 0.1) is 5.41 Å². The van der Waals surface area contributed by atoms with Gasteiger partial charge in [-0.15, -0.1) is 0 Å². The van der Waals surface area contributed by atoms with Crippen LogP contribution in [0.5, 0.6) is 5.75 Å². The van der Waals surface area contributed by atoms with Crippen molar-refractivity contribution in [3.8, 4) is 5.75 Å². The van der Waals surface area contributed by atoms with Crippen molar-refractivity contribution in [2.45, 2.75) is 45.4 Å². The first-order valence-corrected chi connectivity index (χ1v) is 8.66. The van der Waals surface area contributed by atoms with Crippen molar-refractivity contribution in [2.75, 3.05) is 11.9 Å². The Balaban J connectivity index is 2.00. The van der Waals surface area contributed by atoms with Crippen LogP contribution in [0.25, 0.3) is 0 Å². The number of ether oxygens (including phenoxy) is 1. The maximum Gasteiger partial charge on any atom is 0.119 e. The average Bonchev–Trinajstić information content (AvgIpc) is 2.47. The lowest BCUT2D eigenvalue weighted by molar-refractivity contribution is 0.122. The van der Waals surface area contributed by atoms with Gasteiger partial charge in [-0.2, -0.15) is 0 Å². The van der Waals surface area contributed by atoms with Crippen molar-refractivity contribution in [2.24, 2.45) is 5.41 Å². The second-order valence-electron chi connectivity index (χ2n) is 5.59. The predicted molar refractivity (Wildman–Crippen MR) is 85.6 cm³/mol. The fourth-order valence-corrected chi connectivity index (χ4v) is 3.74. The summed E-state index contributed by atoms with van der Waals surface area (Å²) in [6, 6.07) is 6.00. The van der Waals surface area contributed by atoms with Gasteiger partial charge in [0.05, 0.1) is 6.61 Å². The van der Waals surface area contributed by atoms with Gasteiger partial charge in [0.1, 0.15) is 5.75 Å². The maximum atomic E-state index is 6.14. The third-order valence-corrected chi connectivity index (χ3v) is 5.70. The van der Waals surface area contributed by atoms with Gasteiger partial charge in [-0.1, -0.05) is 53.7 Å². The molecule has 0 aromatic heterocycles. The SMILES string of the molecule is CCc1cc(OCC2(CBr)CCCCC2)ccc1Cl. The van der Waals surface area contributed by atoms with Crippen molar-refractivity contribution in [3.05, 3.63) is 28.8 Å². The highest BCUT2D eigenvalue weighted by Crippen LogP contribution is 2.38. The Bertz CT molecular complexity index is 413. The molecule has 1 nitrogen and oxygen atoms in total. The van der Waals surface area contributed by atoms with Crippen molar-refractivity contribution < 1.29 is 4.74 Å². The zero-order valence-corrected chi connectivity index (χ0v) is 13.9. The van der Waals surface area contributed by atoms with E-state index < -0.39 is 0 Å². The third kappa shape index (κ3) is 3.88. The lowest BCUT2D eigenvalue weighted by Crippen LogP contribution is -2.32. The Morgan fingerprint density at radius 2 is 2.00 bits per heavy atom. The molecule has 0 aliphatic heterocycles. The molecule has 1 aromatic rings. The van der Waals surface area contributed by atoms with E-state index in [0.29, 0.717) is 5.41 Å². The minimum absolute atomic E-state index is 0.324. The first kappa shape index (κ1) is 15.2. The molecule has 0 amide bonds. The fourth-order valence-electron chi connectivity index (χ4n) is 2.77. The van der Waals surface area contributed by atoms with Gasteiger partial charge in [0.15, 0.2) is 0 Å². The zero-order chi connectivity index (χ0) is 13.7. The van der Waals surface area contributed by atoms with Gasteiger partial charge < -0.3 is 4.74 Å². The van der Waals surface area contributed by atoms with Crippen LogP contribution in [0.4, 0.5) is 0 Å². The molecule has 106 valence electrons. The van der Waals surface area contributed by atoms with E-state index in [0.717, 1.165) is 34.7 Å². The van der Waals surface area contributed by atoms with E-state index in [-0.39, 0.29) is 0 Å². The summed E-state index contributed by atoms with van der Waals surface area (Å²) in [7, 11) is 0. The van der Waals surface area contributed by atoms with Crippen LogP contribution in [0.2, 0.25) is 5.02 Å². The van der Waals surface area contributed by atoms with Crippen LogP contribution in [-0.4, -0.2) is 11.9 Å². The fraction of sp³-hybridized carbons (Fsp3) is 0.625. The first-order chi connectivity index (χ1) is 9.19. The molecule has 1 aliphatic rings. The van der Waals surface area contributed by atoms with Gasteiger partial charge in [0.25, 0.3) is 0 Å². The van der Waals surface area contributed by atoms with Crippen LogP contribution in [-0.2, 0) is 6.42 Å². The third-order valence-electron chi connectivity index (χ3n) is 4.14. The molecule has 1 fully saturated rings. The highest BCUT2D eigenvalue weighted by Gasteiger charge is 2.31. The lowest BCUT2D eigenvalue weighted by Gasteiger charge is -2.35. The maximum absolute atomic E-state index is 6.14. The molecule has 0 atom stereocenters. The smallest absolute Gasteiger partial charge is 0.119 e. The number of aryl methyl sites for hydroxylation is 1. The summed E-state index contributed by atoms with van der Waals surface area (Å²) < 4.78 is 6.05. The molecule has 0 heterocycles. The minimum Gasteiger partial charge on any atom is -0.493 e. The number of benzene rings is 1. The zero-order valence-electron chi connectivity index (χ0n) is 11.6. The van der Waals surface area contributed by atoms with Crippen molar-refractivity contribution in [1.82, 2.24) is 0 Å². The van der Waals surface area contributed by atoms with Gasteiger partial charge in [0, 0.05) is 15.8 Å². The molecule has 19 heavy (non-hydrogen) atoms. The van der Waals surface area contributed by atoms with Crippen LogP contribution in [0.1, 0.15) is 44.6 Å². The molecule has 0 bridgehead atoms. The van der Waals surface area contributed by atoms with Crippen LogP contribution in [0.15, 0.2) is 18.2 Å². The average molecular weight is 346 g/mol. The standard InChI is InChI=1S/C16H22BrClO/c1-2-13-10-14(6-7-15(13)18)19-12-16(11-17)8-4-3-5-9-16/h6-7,10H,2-5,8-9,11-12H2,1H3. The first-order valence-electron chi connectivity index (χ1n) is 7.16. The van der Waals surface area contributed by atoms with Gasteiger partial charge in [-0.3, -0.25) is 0 Å². The normalized spacial score (nSPS) is 18.3. The molecule has 1 aromatic carbocycles. The monoisotopic (exact) mass is 344 g/mol. The Labute approximate surface area is 129 Å². The Hall–Kier alpha value is -0.210. The molecule has 1 aliphatic carbocycles. The topological polar surface area (TPSA) is 9.23 Å². The lowest BCUT2D eigenvalue weighted by atomic mass is 9.76. The second-order valence-corrected chi connectivity index (χ2v) is 6.56. The summed E-state index contributed by atoms with van der Waals surface area (Å²) in [5, 5.41) is 1.87. The van der Waals surface area contributed by atoms with Crippen molar-refractivity contribution >= 4 is 27.5 Å². The van der Waals surface area contributed by atoms with Crippen LogP contribution in [0.3, 0.4) is 0 Å². The number of hydrogen-bond acceptors (Lipinski definition) is 1. The Morgan fingerprint density at radius 1 is 1.26 bits per heavy atom. The van der Waals surface area contributed by atoms with Crippen LogP contribution >= 0.6 is 27.5 Å². The Kier molecular flexibility index (Phi) is 5.58. The van der Waals surface area contributed by atoms with E-state index in [9.17, 15) is 0 Å². The van der Waals surface area contributed by atoms with Crippen molar-refractivity contribution in [1.29, 1.82) is 0 Å². The van der Waals surface area contributed by atoms with Gasteiger partial charge >= 0.3 is 0 Å². The number of rotatable bonds is 5. The molecule has 3 heteroatoms. The van der Waals surface area contributed by atoms with E-state index in [1.54, 1.807) is 0 Å². The largest absolute Gasteiger partial charge is 0.493 e. The van der Waals surface area contributed by atoms with E-state index in [4.69, 9.17) is 16.3 Å². The molecule has 0 spiro atoms. The molecule has 0 N–H and O–H groups in total. The summed E-state index contributed by atoms with van der Waals surface area (Å²) in [5.41, 5.74) is 1.49. The minimum atomic E-state index is 0.324. The highest BCUT2D eigenvalue weighted by molar-refractivity contribution is 9.09. The van der Waals surface area contributed by atoms with Gasteiger partial charge in [-0.05, 0) is 43.0 Å². The Morgan fingerprint density at radius 3 is 2.63 bits per heavy atom. The number of alkyl halides is 1. The highest BCUT2D eigenvalue weighted by atomic mass is 79.9. The van der Waals surface area contributed by atoms with Crippen LogP contribution < -0.4 is 4.74 Å². The number of hydrogen-bond donors (Lipinski definition) is 0. The summed E-state index contributed by atoms with van der Waals surface area (Å²) in [5.74, 6) is 0.951. The van der Waals surface area contributed by atoms with Crippen molar-refractivity contribution in [3.63, 3.8) is 0 Å². The molecule has 0 saturated heterocycles. The van der Waals surface area contributed by atoms with Gasteiger partial charge in [0.2, 0.25) is 0 Å². The molecule has 0 unspecified atom stereocenters. The number of halogens is 2. The molecular weight excluding hydrogens is 324 g/mol. The predicted octanol–water partition coefficient (Wildman–Crippen LogP) is 5.63. The quantitative estimate of drug-likeness (QED) is 0.629. The molecule has 2 rings (SSSR count). The molecule has 1 saturated carbocycles. The van der Waals surface area contributed by atoms with E-state index in [1.807, 2.05) is 12.1 Å². The summed E-state index contributed by atoms with van der Waals surface area (Å²) in [6.45, 7) is 2.93. The van der Waals surface area contributed by atoms with E-state index >= 15 is 0 Å². The summed E-state index contributed by atoms with van der Waals surface area (Å²) >= 11 is 9.82. The van der Waals surface area contributed by atoms with E-state index in [2.05, 4.69) is 28.9 Å².